The number of esters is 1. The third-order valence-electron chi connectivity index (χ3n) is 4.85. The molecule has 2 aromatic carbocycles. The van der Waals surface area contributed by atoms with Crippen molar-refractivity contribution in [3.63, 3.8) is 0 Å². The summed E-state index contributed by atoms with van der Waals surface area (Å²) >= 11 is 0. The Labute approximate surface area is 176 Å². The Hall–Kier alpha value is -3.15. The fourth-order valence-electron chi connectivity index (χ4n) is 3.66. The monoisotopic (exact) mass is 409 g/mol. The SMILES string of the molecule is CC(C)(C)OC(=O)CN(CCC=O)C(=O)OCC1c2ccccc2-c2ccccc21. The number of hydrogen-bond donors (Lipinski definition) is 0. The zero-order valence-corrected chi connectivity index (χ0v) is 17.6. The molecular weight excluding hydrogens is 382 g/mol. The van der Waals surface area contributed by atoms with Crippen LogP contribution in [0.1, 0.15) is 44.2 Å². The highest BCUT2D eigenvalue weighted by Gasteiger charge is 2.30. The molecule has 0 saturated carbocycles. The number of amides is 1. The van der Waals surface area contributed by atoms with Gasteiger partial charge in [0.1, 0.15) is 25.0 Å². The van der Waals surface area contributed by atoms with Crippen molar-refractivity contribution in [3.05, 3.63) is 59.7 Å². The smallest absolute Gasteiger partial charge is 0.410 e. The topological polar surface area (TPSA) is 72.9 Å². The summed E-state index contributed by atoms with van der Waals surface area (Å²) in [4.78, 5) is 36.9. The van der Waals surface area contributed by atoms with E-state index in [1.807, 2.05) is 36.4 Å². The van der Waals surface area contributed by atoms with Gasteiger partial charge in [-0.1, -0.05) is 48.5 Å². The molecule has 6 heteroatoms. The molecule has 0 saturated heterocycles. The highest BCUT2D eigenvalue weighted by Crippen LogP contribution is 2.44. The molecule has 2 aromatic rings. The quantitative estimate of drug-likeness (QED) is 0.507. The van der Waals surface area contributed by atoms with Gasteiger partial charge in [-0.05, 0) is 43.0 Å². The normalized spacial score (nSPS) is 12.6. The Kier molecular flexibility index (Phi) is 6.55. The molecule has 6 nitrogen and oxygen atoms in total. The molecule has 0 fully saturated rings. The Morgan fingerprint density at radius 1 is 1.00 bits per heavy atom. The summed E-state index contributed by atoms with van der Waals surface area (Å²) < 4.78 is 10.9. The molecule has 0 N–H and O–H groups in total. The van der Waals surface area contributed by atoms with Crippen LogP contribution in [0.4, 0.5) is 4.79 Å². The van der Waals surface area contributed by atoms with E-state index in [9.17, 15) is 14.4 Å². The van der Waals surface area contributed by atoms with Crippen molar-refractivity contribution < 1.29 is 23.9 Å². The Morgan fingerprint density at radius 3 is 2.10 bits per heavy atom. The van der Waals surface area contributed by atoms with Gasteiger partial charge in [-0.2, -0.15) is 0 Å². The number of carbonyl (C=O) groups is 3. The van der Waals surface area contributed by atoms with Gasteiger partial charge in [0.25, 0.3) is 0 Å². The first-order valence-corrected chi connectivity index (χ1v) is 10.1. The van der Waals surface area contributed by atoms with Gasteiger partial charge in [0, 0.05) is 18.9 Å². The number of hydrogen-bond acceptors (Lipinski definition) is 5. The van der Waals surface area contributed by atoms with Gasteiger partial charge in [-0.15, -0.1) is 0 Å². The van der Waals surface area contributed by atoms with Gasteiger partial charge in [-0.25, -0.2) is 4.79 Å². The second-order valence-corrected chi connectivity index (χ2v) is 8.27. The third-order valence-corrected chi connectivity index (χ3v) is 4.85. The summed E-state index contributed by atoms with van der Waals surface area (Å²) in [6, 6.07) is 16.1. The van der Waals surface area contributed by atoms with E-state index >= 15 is 0 Å². The maximum atomic E-state index is 12.7. The van der Waals surface area contributed by atoms with Crippen molar-refractivity contribution in [3.8, 4) is 11.1 Å². The van der Waals surface area contributed by atoms with Crippen LogP contribution in [0.25, 0.3) is 11.1 Å². The molecule has 0 atom stereocenters. The minimum absolute atomic E-state index is 0.0733. The largest absolute Gasteiger partial charge is 0.459 e. The van der Waals surface area contributed by atoms with Crippen molar-refractivity contribution in [2.24, 2.45) is 0 Å². The Balaban J connectivity index is 1.70. The number of ether oxygens (including phenoxy) is 2. The lowest BCUT2D eigenvalue weighted by Crippen LogP contribution is -2.40. The first-order valence-electron chi connectivity index (χ1n) is 10.1. The first-order chi connectivity index (χ1) is 14.3. The van der Waals surface area contributed by atoms with Crippen LogP contribution < -0.4 is 0 Å². The minimum atomic E-state index is -0.658. The van der Waals surface area contributed by atoms with E-state index in [1.165, 1.54) is 4.90 Å². The van der Waals surface area contributed by atoms with E-state index < -0.39 is 17.7 Å². The van der Waals surface area contributed by atoms with E-state index in [0.29, 0.717) is 6.29 Å². The second kappa shape index (κ2) is 9.11. The van der Waals surface area contributed by atoms with Gasteiger partial charge >= 0.3 is 12.1 Å². The van der Waals surface area contributed by atoms with Crippen molar-refractivity contribution in [2.75, 3.05) is 19.7 Å². The maximum Gasteiger partial charge on any atom is 0.410 e. The molecule has 1 aliphatic carbocycles. The predicted octanol–water partition coefficient (Wildman–Crippen LogP) is 4.17. The van der Waals surface area contributed by atoms with Crippen LogP contribution in [-0.4, -0.2) is 48.5 Å². The zero-order chi connectivity index (χ0) is 21.7. The van der Waals surface area contributed by atoms with E-state index in [-0.39, 0.29) is 32.0 Å². The summed E-state index contributed by atoms with van der Waals surface area (Å²) in [5, 5.41) is 0. The molecule has 0 aromatic heterocycles. The van der Waals surface area contributed by atoms with Crippen LogP contribution in [0.3, 0.4) is 0 Å². The van der Waals surface area contributed by atoms with Crippen LogP contribution in [0.15, 0.2) is 48.5 Å². The fraction of sp³-hybridized carbons (Fsp3) is 0.375. The molecule has 158 valence electrons. The molecule has 0 heterocycles. The molecule has 1 aliphatic rings. The van der Waals surface area contributed by atoms with Gasteiger partial charge in [-0.3, -0.25) is 9.69 Å². The summed E-state index contributed by atoms with van der Waals surface area (Å²) in [7, 11) is 0. The molecule has 0 unspecified atom stereocenters. The lowest BCUT2D eigenvalue weighted by molar-refractivity contribution is -0.155. The van der Waals surface area contributed by atoms with Crippen molar-refractivity contribution in [2.45, 2.75) is 38.7 Å². The van der Waals surface area contributed by atoms with Crippen molar-refractivity contribution in [1.29, 1.82) is 0 Å². The average molecular weight is 409 g/mol. The molecule has 0 bridgehead atoms. The number of carbonyl (C=O) groups excluding carboxylic acids is 3. The van der Waals surface area contributed by atoms with Crippen LogP contribution in [0.5, 0.6) is 0 Å². The van der Waals surface area contributed by atoms with Gasteiger partial charge in [0.15, 0.2) is 0 Å². The molecule has 1 amide bonds. The molecule has 0 spiro atoms. The van der Waals surface area contributed by atoms with E-state index in [2.05, 4.69) is 12.1 Å². The lowest BCUT2D eigenvalue weighted by Gasteiger charge is -2.25. The highest BCUT2D eigenvalue weighted by molar-refractivity contribution is 5.80. The third kappa shape index (κ3) is 5.06. The van der Waals surface area contributed by atoms with Crippen molar-refractivity contribution >= 4 is 18.3 Å². The predicted molar refractivity (Wildman–Crippen MR) is 113 cm³/mol. The summed E-state index contributed by atoms with van der Waals surface area (Å²) in [6.07, 6.45) is 0.191. The number of fused-ring (bicyclic) bond motifs is 3. The van der Waals surface area contributed by atoms with Gasteiger partial charge < -0.3 is 14.3 Å². The van der Waals surface area contributed by atoms with Crippen LogP contribution >= 0.6 is 0 Å². The summed E-state index contributed by atoms with van der Waals surface area (Å²) in [5.74, 6) is -0.613. The van der Waals surface area contributed by atoms with Crippen LogP contribution in [-0.2, 0) is 19.1 Å². The maximum absolute atomic E-state index is 12.7. The van der Waals surface area contributed by atoms with Gasteiger partial charge in [0.05, 0.1) is 0 Å². The van der Waals surface area contributed by atoms with E-state index in [0.717, 1.165) is 22.3 Å². The van der Waals surface area contributed by atoms with Crippen LogP contribution in [0, 0.1) is 0 Å². The zero-order valence-electron chi connectivity index (χ0n) is 17.6. The molecule has 30 heavy (non-hydrogen) atoms. The number of nitrogens with zero attached hydrogens (tertiary/aromatic N) is 1. The Bertz CT molecular complexity index is 886. The second-order valence-electron chi connectivity index (χ2n) is 8.27. The minimum Gasteiger partial charge on any atom is -0.459 e. The molecular formula is C24H27NO5. The number of rotatable bonds is 7. The van der Waals surface area contributed by atoms with Gasteiger partial charge in [0.2, 0.25) is 0 Å². The van der Waals surface area contributed by atoms with E-state index in [1.54, 1.807) is 20.8 Å². The summed E-state index contributed by atoms with van der Waals surface area (Å²) in [6.45, 7) is 5.26. The highest BCUT2D eigenvalue weighted by atomic mass is 16.6. The fourth-order valence-corrected chi connectivity index (χ4v) is 3.66. The lowest BCUT2D eigenvalue weighted by atomic mass is 9.98. The van der Waals surface area contributed by atoms with Crippen molar-refractivity contribution in [1.82, 2.24) is 4.90 Å². The Morgan fingerprint density at radius 2 is 1.57 bits per heavy atom. The average Bonchev–Trinajstić information content (AvgIpc) is 3.02. The standard InChI is InChI=1S/C24H27NO5/c1-24(2,3)30-22(27)15-25(13-8-14-26)23(28)29-16-21-19-11-6-4-9-17(19)18-10-5-7-12-20(18)21/h4-7,9-12,14,21H,8,13,15-16H2,1-3H3. The summed E-state index contributed by atoms with van der Waals surface area (Å²) in [5.41, 5.74) is 3.84. The van der Waals surface area contributed by atoms with E-state index in [4.69, 9.17) is 9.47 Å². The number of benzene rings is 2. The number of aldehydes is 1. The molecule has 0 radical (unpaired) electrons. The molecule has 3 rings (SSSR count). The first kappa shape index (κ1) is 21.6. The van der Waals surface area contributed by atoms with Crippen LogP contribution in [0.2, 0.25) is 0 Å². The molecule has 0 aliphatic heterocycles.